The molecule has 15 heavy (non-hydrogen) atoms. The number of thiol groups is 1. The molecule has 0 aliphatic rings. The van der Waals surface area contributed by atoms with Gasteiger partial charge < -0.3 is 8.85 Å². The van der Waals surface area contributed by atoms with Crippen LogP contribution in [-0.4, -0.2) is 23.5 Å². The van der Waals surface area contributed by atoms with E-state index in [2.05, 4.69) is 31.7 Å². The highest BCUT2D eigenvalue weighted by molar-refractivity contribution is 7.80. The zero-order chi connectivity index (χ0) is 11.3. The maximum atomic E-state index is 5.37. The molecule has 2 nitrogen and oxygen atoms in total. The molecule has 0 heterocycles. The molecular weight excluding hydrogens is 224 g/mol. The molecule has 0 N–H and O–H groups in total. The van der Waals surface area contributed by atoms with Gasteiger partial charge in [0.2, 0.25) is 0 Å². The Morgan fingerprint density at radius 2 is 1.87 bits per heavy atom. The monoisotopic (exact) mass is 241 g/mol. The Kier molecular flexibility index (Phi) is 5.39. The van der Waals surface area contributed by atoms with Gasteiger partial charge in [-0.1, -0.05) is 31.2 Å². The van der Waals surface area contributed by atoms with Crippen molar-refractivity contribution < 1.29 is 8.85 Å². The first-order chi connectivity index (χ1) is 7.24. The summed E-state index contributed by atoms with van der Waals surface area (Å²) in [4.78, 5) is 0. The van der Waals surface area contributed by atoms with E-state index < -0.39 is 9.28 Å². The molecule has 0 saturated carbocycles. The second-order valence-corrected chi connectivity index (χ2v) is 5.76. The fourth-order valence-electron chi connectivity index (χ4n) is 1.50. The molecule has 1 aromatic rings. The van der Waals surface area contributed by atoms with Gasteiger partial charge in [0, 0.05) is 19.5 Å². The van der Waals surface area contributed by atoms with Crippen LogP contribution in [0.4, 0.5) is 0 Å². The summed E-state index contributed by atoms with van der Waals surface area (Å²) >= 11 is 4.57. The van der Waals surface area contributed by atoms with E-state index in [1.54, 1.807) is 14.2 Å². The Bertz CT molecular complexity index is 302. The van der Waals surface area contributed by atoms with Crippen molar-refractivity contribution in [2.45, 2.75) is 18.6 Å². The second-order valence-electron chi connectivity index (χ2n) is 3.21. The Morgan fingerprint density at radius 3 is 2.40 bits per heavy atom. The average molecular weight is 241 g/mol. The lowest BCUT2D eigenvalue weighted by Crippen LogP contribution is -2.37. The third-order valence-electron chi connectivity index (χ3n) is 2.30. The summed E-state index contributed by atoms with van der Waals surface area (Å²) < 4.78 is 10.7. The van der Waals surface area contributed by atoms with Gasteiger partial charge in [0.25, 0.3) is 0 Å². The van der Waals surface area contributed by atoms with Crippen molar-refractivity contribution in [3.8, 4) is 0 Å². The van der Waals surface area contributed by atoms with Crippen LogP contribution in [0.1, 0.15) is 24.2 Å². The maximum absolute atomic E-state index is 5.37. The number of benzene rings is 1. The normalized spacial score (nSPS) is 13.1. The highest BCUT2D eigenvalue weighted by Crippen LogP contribution is 2.21. The molecule has 0 saturated heterocycles. The zero-order valence-corrected chi connectivity index (χ0v) is 11.3. The van der Waals surface area contributed by atoms with Gasteiger partial charge >= 0.3 is 9.28 Å². The third-order valence-corrected chi connectivity index (χ3v) is 4.58. The third kappa shape index (κ3) is 3.08. The molecule has 0 aromatic heterocycles. The Labute approximate surface area is 98.9 Å². The molecular formula is C11H17O2SSi. The summed E-state index contributed by atoms with van der Waals surface area (Å²) in [6.45, 7) is 2.13. The first kappa shape index (κ1) is 12.8. The van der Waals surface area contributed by atoms with Crippen LogP contribution >= 0.6 is 12.6 Å². The Balaban J connectivity index is 3.04. The minimum absolute atomic E-state index is 0.256. The predicted molar refractivity (Wildman–Crippen MR) is 67.9 cm³/mol. The van der Waals surface area contributed by atoms with Gasteiger partial charge in [-0.15, -0.1) is 0 Å². The molecule has 1 unspecified atom stereocenters. The summed E-state index contributed by atoms with van der Waals surface area (Å²) in [5, 5.41) is 1.42. The number of rotatable bonds is 5. The molecule has 0 spiro atoms. The van der Waals surface area contributed by atoms with E-state index in [9.17, 15) is 0 Å². The molecule has 0 bridgehead atoms. The van der Waals surface area contributed by atoms with Gasteiger partial charge in [-0.2, -0.15) is 12.6 Å². The fourth-order valence-corrected chi connectivity index (χ4v) is 3.18. The molecule has 1 radical (unpaired) electrons. The van der Waals surface area contributed by atoms with Gasteiger partial charge in [0.1, 0.15) is 0 Å². The van der Waals surface area contributed by atoms with E-state index >= 15 is 0 Å². The lowest BCUT2D eigenvalue weighted by Gasteiger charge is -2.17. The SMILES string of the molecule is CCC(S)c1ccccc1[Si](OC)OC. The van der Waals surface area contributed by atoms with Crippen LogP contribution in [0.2, 0.25) is 0 Å². The smallest absolute Gasteiger partial charge is 0.393 e. The molecule has 0 aliphatic heterocycles. The summed E-state index contributed by atoms with van der Waals surface area (Å²) in [5.41, 5.74) is 1.22. The molecule has 1 aromatic carbocycles. The van der Waals surface area contributed by atoms with E-state index in [1.807, 2.05) is 12.1 Å². The van der Waals surface area contributed by atoms with Crippen LogP contribution < -0.4 is 5.19 Å². The number of hydrogen-bond acceptors (Lipinski definition) is 3. The van der Waals surface area contributed by atoms with Gasteiger partial charge in [-0.25, -0.2) is 0 Å². The van der Waals surface area contributed by atoms with Crippen LogP contribution in [0.3, 0.4) is 0 Å². The first-order valence-corrected chi connectivity index (χ1v) is 6.80. The van der Waals surface area contributed by atoms with E-state index in [4.69, 9.17) is 8.85 Å². The van der Waals surface area contributed by atoms with E-state index in [0.29, 0.717) is 0 Å². The minimum Gasteiger partial charge on any atom is -0.393 e. The van der Waals surface area contributed by atoms with Crippen LogP contribution in [0.15, 0.2) is 24.3 Å². The maximum Gasteiger partial charge on any atom is 0.423 e. The van der Waals surface area contributed by atoms with Crippen molar-refractivity contribution in [2.24, 2.45) is 0 Å². The fraction of sp³-hybridized carbons (Fsp3) is 0.455. The molecule has 0 aliphatic carbocycles. The van der Waals surface area contributed by atoms with Crippen molar-refractivity contribution >= 4 is 27.1 Å². The van der Waals surface area contributed by atoms with Crippen molar-refractivity contribution in [3.05, 3.63) is 29.8 Å². The molecule has 83 valence electrons. The van der Waals surface area contributed by atoms with Crippen LogP contribution in [0.25, 0.3) is 0 Å². The lowest BCUT2D eigenvalue weighted by molar-refractivity contribution is 0.291. The largest absolute Gasteiger partial charge is 0.423 e. The quantitative estimate of drug-likeness (QED) is 0.628. The van der Waals surface area contributed by atoms with Crippen molar-refractivity contribution in [1.29, 1.82) is 0 Å². The highest BCUT2D eigenvalue weighted by Gasteiger charge is 2.21. The van der Waals surface area contributed by atoms with Crippen molar-refractivity contribution in [1.82, 2.24) is 0 Å². The summed E-state index contributed by atoms with van der Waals surface area (Å²) in [6, 6.07) is 8.20. The lowest BCUT2D eigenvalue weighted by atomic mass is 10.1. The van der Waals surface area contributed by atoms with Crippen LogP contribution in [-0.2, 0) is 8.85 Å². The summed E-state index contributed by atoms with van der Waals surface area (Å²) in [6.07, 6.45) is 1.00. The average Bonchev–Trinajstić information content (AvgIpc) is 2.30. The first-order valence-electron chi connectivity index (χ1n) is 4.96. The topological polar surface area (TPSA) is 18.5 Å². The standard InChI is InChI=1S/C11H17O2SSi/c1-4-10(14)9-7-5-6-8-11(9)15(12-2)13-3/h5-8,10,14H,4H2,1-3H3. The zero-order valence-electron chi connectivity index (χ0n) is 9.36. The van der Waals surface area contributed by atoms with Gasteiger partial charge in [0.15, 0.2) is 0 Å². The van der Waals surface area contributed by atoms with Gasteiger partial charge in [-0.05, 0) is 17.2 Å². The van der Waals surface area contributed by atoms with Crippen molar-refractivity contribution in [3.63, 3.8) is 0 Å². The molecule has 0 amide bonds. The summed E-state index contributed by atoms with van der Waals surface area (Å²) in [7, 11) is 2.04. The highest BCUT2D eigenvalue weighted by atomic mass is 32.1. The summed E-state index contributed by atoms with van der Waals surface area (Å²) in [5.74, 6) is 0. The van der Waals surface area contributed by atoms with Crippen molar-refractivity contribution in [2.75, 3.05) is 14.2 Å². The van der Waals surface area contributed by atoms with Crippen LogP contribution in [0, 0.1) is 0 Å². The van der Waals surface area contributed by atoms with E-state index in [-0.39, 0.29) is 5.25 Å². The van der Waals surface area contributed by atoms with Gasteiger partial charge in [0.05, 0.1) is 0 Å². The molecule has 0 fully saturated rings. The van der Waals surface area contributed by atoms with E-state index in [1.165, 1.54) is 5.56 Å². The van der Waals surface area contributed by atoms with Crippen LogP contribution in [0.5, 0.6) is 0 Å². The molecule has 1 atom stereocenters. The predicted octanol–water partition coefficient (Wildman–Crippen LogP) is 2.06. The number of hydrogen-bond donors (Lipinski definition) is 1. The Morgan fingerprint density at radius 1 is 1.27 bits per heavy atom. The van der Waals surface area contributed by atoms with Gasteiger partial charge in [-0.3, -0.25) is 0 Å². The second kappa shape index (κ2) is 6.32. The molecule has 1 rings (SSSR count). The molecule has 4 heteroatoms. The minimum atomic E-state index is -1.33. The van der Waals surface area contributed by atoms with E-state index in [0.717, 1.165) is 11.6 Å². The Hall–Kier alpha value is -0.293.